The van der Waals surface area contributed by atoms with Gasteiger partial charge in [0.15, 0.2) is 0 Å². The lowest BCUT2D eigenvalue weighted by Gasteiger charge is -2.68. The molecule has 0 unspecified atom stereocenters. The second-order valence-electron chi connectivity index (χ2n) is 7.44. The van der Waals surface area contributed by atoms with E-state index in [2.05, 4.69) is 30.7 Å². The van der Waals surface area contributed by atoms with Gasteiger partial charge >= 0.3 is 6.09 Å². The first kappa shape index (κ1) is 16.7. The summed E-state index contributed by atoms with van der Waals surface area (Å²) >= 11 is 12.1. The summed E-state index contributed by atoms with van der Waals surface area (Å²) in [6, 6.07) is 1.82. The van der Waals surface area contributed by atoms with Crippen LogP contribution in [0.15, 0.2) is 12.3 Å². The molecule has 0 aliphatic carbocycles. The molecule has 7 heteroatoms. The number of carboxylic acid groups (broad SMARTS) is 1. The van der Waals surface area contributed by atoms with Crippen LogP contribution in [-0.4, -0.2) is 46.3 Å². The largest absolute Gasteiger partial charge is 0.465 e. The summed E-state index contributed by atoms with van der Waals surface area (Å²) in [5.74, 6) is 0.465. The van der Waals surface area contributed by atoms with Gasteiger partial charge in [-0.05, 0) is 17.9 Å². The third-order valence-electron chi connectivity index (χ3n) is 5.40. The van der Waals surface area contributed by atoms with Gasteiger partial charge in [0, 0.05) is 25.6 Å². The molecule has 1 N–H and O–H groups in total. The van der Waals surface area contributed by atoms with Crippen molar-refractivity contribution < 1.29 is 9.90 Å². The van der Waals surface area contributed by atoms with Crippen molar-refractivity contribution in [1.29, 1.82) is 0 Å². The van der Waals surface area contributed by atoms with Gasteiger partial charge in [-0.3, -0.25) is 0 Å². The number of pyridine rings is 1. The summed E-state index contributed by atoms with van der Waals surface area (Å²) in [6.45, 7) is 8.50. The van der Waals surface area contributed by atoms with Gasteiger partial charge in [-0.15, -0.1) is 0 Å². The van der Waals surface area contributed by atoms with Gasteiger partial charge in [0.05, 0.1) is 22.4 Å². The molecule has 23 heavy (non-hydrogen) atoms. The molecule has 3 rings (SSSR count). The minimum absolute atomic E-state index is 0.0872. The van der Waals surface area contributed by atoms with Gasteiger partial charge in [-0.1, -0.05) is 44.0 Å². The van der Waals surface area contributed by atoms with Crippen molar-refractivity contribution in [3.63, 3.8) is 0 Å². The highest BCUT2D eigenvalue weighted by Gasteiger charge is 2.62. The average Bonchev–Trinajstić information content (AvgIpc) is 2.42. The number of halogens is 2. The van der Waals surface area contributed by atoms with Crippen LogP contribution in [0.5, 0.6) is 0 Å². The number of rotatable bonds is 1. The molecule has 126 valence electrons. The summed E-state index contributed by atoms with van der Waals surface area (Å²) in [5.41, 5.74) is 0.566. The highest BCUT2D eigenvalue weighted by molar-refractivity contribution is 6.41. The number of hydrogen-bond acceptors (Lipinski definition) is 3. The Morgan fingerprint density at radius 2 is 2.13 bits per heavy atom. The number of nitrogens with zero attached hydrogens (tertiary/aromatic N) is 3. The Hall–Kier alpha value is -1.20. The Morgan fingerprint density at radius 1 is 1.43 bits per heavy atom. The number of aromatic nitrogens is 1. The topological polar surface area (TPSA) is 56.7 Å². The predicted octanol–water partition coefficient (Wildman–Crippen LogP) is 3.99. The van der Waals surface area contributed by atoms with Crippen molar-refractivity contribution in [2.75, 3.05) is 24.5 Å². The first-order valence-corrected chi connectivity index (χ1v) is 8.49. The molecule has 2 saturated heterocycles. The summed E-state index contributed by atoms with van der Waals surface area (Å²) < 4.78 is 0. The van der Waals surface area contributed by atoms with Crippen LogP contribution in [0.25, 0.3) is 0 Å². The molecule has 0 radical (unpaired) electrons. The fourth-order valence-corrected chi connectivity index (χ4v) is 4.44. The normalized spacial score (nSPS) is 27.4. The minimum atomic E-state index is -0.855. The summed E-state index contributed by atoms with van der Waals surface area (Å²) in [6.07, 6.45) is 1.75. The molecule has 0 bridgehead atoms. The number of amides is 1. The number of carbonyl (C=O) groups is 1. The molecule has 0 saturated carbocycles. The standard InChI is InChI=1S/C16H21Cl2N3O2/c1-15(2,3)16-9-20(14(22)23)5-4-10(16)8-21(16)11-6-12(17)13(18)19-7-11/h6-7,10H,4-5,8-9H2,1-3H3,(H,22,23)/t10-,16+/m1/s1. The maximum absolute atomic E-state index is 11.5. The molecule has 2 fully saturated rings. The van der Waals surface area contributed by atoms with E-state index in [0.717, 1.165) is 18.7 Å². The van der Waals surface area contributed by atoms with E-state index in [1.807, 2.05) is 6.07 Å². The van der Waals surface area contributed by atoms with Crippen molar-refractivity contribution in [2.24, 2.45) is 11.3 Å². The van der Waals surface area contributed by atoms with Crippen molar-refractivity contribution in [3.8, 4) is 0 Å². The SMILES string of the molecule is CC(C)(C)[C@]12CN(C(=O)O)CC[C@@H]1CN2c1cnc(Cl)c(Cl)c1. The van der Waals surface area contributed by atoms with E-state index >= 15 is 0 Å². The third-order valence-corrected chi connectivity index (χ3v) is 6.09. The number of piperidine rings is 1. The van der Waals surface area contributed by atoms with Crippen LogP contribution in [-0.2, 0) is 0 Å². The van der Waals surface area contributed by atoms with Crippen molar-refractivity contribution >= 4 is 35.0 Å². The van der Waals surface area contributed by atoms with Crippen LogP contribution >= 0.6 is 23.2 Å². The van der Waals surface area contributed by atoms with Gasteiger partial charge in [0.2, 0.25) is 0 Å². The van der Waals surface area contributed by atoms with Gasteiger partial charge in [0.1, 0.15) is 5.15 Å². The fraction of sp³-hybridized carbons (Fsp3) is 0.625. The first-order chi connectivity index (χ1) is 10.7. The second-order valence-corrected chi connectivity index (χ2v) is 8.21. The summed E-state index contributed by atoms with van der Waals surface area (Å²) in [7, 11) is 0. The van der Waals surface area contributed by atoms with Gasteiger partial charge in [-0.2, -0.15) is 0 Å². The van der Waals surface area contributed by atoms with Crippen molar-refractivity contribution in [2.45, 2.75) is 32.7 Å². The fourth-order valence-electron chi connectivity index (χ4n) is 4.18. The molecular formula is C16H21Cl2N3O2. The van der Waals surface area contributed by atoms with Crippen LogP contribution in [0, 0.1) is 11.3 Å². The van der Waals surface area contributed by atoms with Gasteiger partial charge in [-0.25, -0.2) is 9.78 Å². The second kappa shape index (κ2) is 5.42. The van der Waals surface area contributed by atoms with E-state index in [1.165, 1.54) is 4.90 Å². The molecule has 2 aliphatic rings. The Kier molecular flexibility index (Phi) is 3.92. The quantitative estimate of drug-likeness (QED) is 0.771. The zero-order valence-electron chi connectivity index (χ0n) is 13.5. The Bertz CT molecular complexity index is 647. The Morgan fingerprint density at radius 3 is 2.70 bits per heavy atom. The van der Waals surface area contributed by atoms with Crippen molar-refractivity contribution in [3.05, 3.63) is 22.4 Å². The van der Waals surface area contributed by atoms with E-state index in [0.29, 0.717) is 24.0 Å². The molecule has 1 aromatic heterocycles. The van der Waals surface area contributed by atoms with E-state index in [1.54, 1.807) is 6.20 Å². The van der Waals surface area contributed by atoms with Gasteiger partial charge in [0.25, 0.3) is 0 Å². The molecule has 1 amide bonds. The molecule has 3 heterocycles. The van der Waals surface area contributed by atoms with Crippen LogP contribution in [0.3, 0.4) is 0 Å². The van der Waals surface area contributed by atoms with E-state index < -0.39 is 6.09 Å². The molecule has 2 atom stereocenters. The Balaban J connectivity index is 2.01. The van der Waals surface area contributed by atoms with Crippen LogP contribution < -0.4 is 4.90 Å². The van der Waals surface area contributed by atoms with E-state index in [4.69, 9.17) is 23.2 Å². The lowest BCUT2D eigenvalue weighted by atomic mass is 9.57. The summed E-state index contributed by atoms with van der Waals surface area (Å²) in [4.78, 5) is 19.4. The Labute approximate surface area is 146 Å². The maximum atomic E-state index is 11.5. The van der Waals surface area contributed by atoms with Crippen molar-refractivity contribution in [1.82, 2.24) is 9.88 Å². The monoisotopic (exact) mass is 357 g/mol. The van der Waals surface area contributed by atoms with Crippen LogP contribution in [0.2, 0.25) is 10.2 Å². The minimum Gasteiger partial charge on any atom is -0.465 e. The number of fused-ring (bicyclic) bond motifs is 1. The summed E-state index contributed by atoms with van der Waals surface area (Å²) in [5, 5.41) is 10.1. The molecule has 1 aromatic rings. The van der Waals surface area contributed by atoms with E-state index in [9.17, 15) is 9.90 Å². The number of hydrogen-bond donors (Lipinski definition) is 1. The van der Waals surface area contributed by atoms with Gasteiger partial charge < -0.3 is 14.9 Å². The maximum Gasteiger partial charge on any atom is 0.407 e. The highest BCUT2D eigenvalue weighted by Crippen LogP contribution is 2.54. The lowest BCUT2D eigenvalue weighted by Crippen LogP contribution is -2.79. The van der Waals surface area contributed by atoms with E-state index in [-0.39, 0.29) is 16.1 Å². The molecule has 5 nitrogen and oxygen atoms in total. The average molecular weight is 358 g/mol. The molecule has 0 aromatic carbocycles. The smallest absolute Gasteiger partial charge is 0.407 e. The van der Waals surface area contributed by atoms with Crippen LogP contribution in [0.1, 0.15) is 27.2 Å². The first-order valence-electron chi connectivity index (χ1n) is 7.73. The van der Waals surface area contributed by atoms with Crippen LogP contribution in [0.4, 0.5) is 10.5 Å². The number of likely N-dealkylation sites (tertiary alicyclic amines) is 1. The predicted molar refractivity (Wildman–Crippen MR) is 91.5 cm³/mol. The zero-order valence-corrected chi connectivity index (χ0v) is 15.0. The number of anilines is 1. The molecule has 2 aliphatic heterocycles. The molecular weight excluding hydrogens is 337 g/mol. The lowest BCUT2D eigenvalue weighted by molar-refractivity contribution is -0.0311. The molecule has 0 spiro atoms. The zero-order chi connectivity index (χ0) is 17.0. The third kappa shape index (κ3) is 2.45. The highest BCUT2D eigenvalue weighted by atomic mass is 35.5.